The fourth-order valence-corrected chi connectivity index (χ4v) is 4.28. The molecule has 1 aromatic carbocycles. The Morgan fingerprint density at radius 3 is 2.85 bits per heavy atom. The topological polar surface area (TPSA) is 39.2 Å². The fourth-order valence-electron chi connectivity index (χ4n) is 2.97. The maximum atomic E-state index is 6.31. The van der Waals surface area contributed by atoms with Crippen molar-refractivity contribution < 1.29 is 4.42 Å². The van der Waals surface area contributed by atoms with Crippen LogP contribution in [-0.2, 0) is 0 Å². The molecule has 1 aliphatic carbocycles. The number of hydrogen-bond acceptors (Lipinski definition) is 3. The highest BCUT2D eigenvalue weighted by molar-refractivity contribution is 7.99. The highest BCUT2D eigenvalue weighted by Gasteiger charge is 2.18. The zero-order valence-electron chi connectivity index (χ0n) is 12.1. The summed E-state index contributed by atoms with van der Waals surface area (Å²) >= 11 is 2.03. The molecule has 0 saturated heterocycles. The average molecular weight is 289 g/mol. The van der Waals surface area contributed by atoms with E-state index in [0.717, 1.165) is 27.7 Å². The van der Waals surface area contributed by atoms with Gasteiger partial charge in [0.25, 0.3) is 0 Å². The van der Waals surface area contributed by atoms with Gasteiger partial charge in [-0.3, -0.25) is 0 Å². The van der Waals surface area contributed by atoms with Gasteiger partial charge in [0.2, 0.25) is 0 Å². The molecule has 3 rings (SSSR count). The molecule has 20 heavy (non-hydrogen) atoms. The summed E-state index contributed by atoms with van der Waals surface area (Å²) in [5, 5.41) is 1.97. The monoisotopic (exact) mass is 289 g/mol. The van der Waals surface area contributed by atoms with E-state index in [2.05, 4.69) is 31.2 Å². The van der Waals surface area contributed by atoms with Gasteiger partial charge in [-0.1, -0.05) is 37.5 Å². The standard InChI is InChI=1S/C17H23NOS/c1-12-6-5-7-13-10-16(19-17(12)13)15(18)11-20-14-8-3-2-4-9-14/h5-7,10,14-15H,2-4,8-9,11,18H2,1H3. The third-order valence-corrected chi connectivity index (χ3v) is 5.68. The number of hydrogen-bond donors (Lipinski definition) is 1. The van der Waals surface area contributed by atoms with E-state index in [0.29, 0.717) is 0 Å². The highest BCUT2D eigenvalue weighted by Crippen LogP contribution is 2.32. The van der Waals surface area contributed by atoms with Gasteiger partial charge in [0.1, 0.15) is 11.3 Å². The first-order valence-electron chi connectivity index (χ1n) is 7.60. The van der Waals surface area contributed by atoms with Crippen molar-refractivity contribution in [2.75, 3.05) is 5.75 Å². The van der Waals surface area contributed by atoms with E-state index in [9.17, 15) is 0 Å². The molecule has 2 nitrogen and oxygen atoms in total. The van der Waals surface area contributed by atoms with Crippen molar-refractivity contribution >= 4 is 22.7 Å². The molecule has 2 N–H and O–H groups in total. The van der Waals surface area contributed by atoms with Gasteiger partial charge in [-0.25, -0.2) is 0 Å². The summed E-state index contributed by atoms with van der Waals surface area (Å²) < 4.78 is 5.96. The number of nitrogens with two attached hydrogens (primary N) is 1. The van der Waals surface area contributed by atoms with Crippen molar-refractivity contribution in [1.82, 2.24) is 0 Å². The van der Waals surface area contributed by atoms with Crippen molar-refractivity contribution in [3.05, 3.63) is 35.6 Å². The fraction of sp³-hybridized carbons (Fsp3) is 0.529. The van der Waals surface area contributed by atoms with Gasteiger partial charge in [0.05, 0.1) is 6.04 Å². The molecule has 1 atom stereocenters. The van der Waals surface area contributed by atoms with E-state index in [-0.39, 0.29) is 6.04 Å². The predicted octanol–water partition coefficient (Wildman–Crippen LogP) is 4.81. The van der Waals surface area contributed by atoms with Gasteiger partial charge in [-0.15, -0.1) is 0 Å². The molecule has 2 aromatic rings. The van der Waals surface area contributed by atoms with Crippen LogP contribution < -0.4 is 5.73 Å². The van der Waals surface area contributed by atoms with Gasteiger partial charge >= 0.3 is 0 Å². The third-order valence-electron chi connectivity index (χ3n) is 4.19. The lowest BCUT2D eigenvalue weighted by Crippen LogP contribution is -2.16. The van der Waals surface area contributed by atoms with Crippen LogP contribution in [0, 0.1) is 6.92 Å². The van der Waals surface area contributed by atoms with Crippen molar-refractivity contribution in [2.24, 2.45) is 5.73 Å². The smallest absolute Gasteiger partial charge is 0.137 e. The molecule has 1 aromatic heterocycles. The Hall–Kier alpha value is -0.930. The third kappa shape index (κ3) is 3.04. The summed E-state index contributed by atoms with van der Waals surface area (Å²) in [6.45, 7) is 2.08. The number of fused-ring (bicyclic) bond motifs is 1. The van der Waals surface area contributed by atoms with E-state index in [1.54, 1.807) is 0 Å². The van der Waals surface area contributed by atoms with Crippen LogP contribution >= 0.6 is 11.8 Å². The molecule has 0 bridgehead atoms. The Labute approximate surface area is 125 Å². The molecule has 0 spiro atoms. The highest BCUT2D eigenvalue weighted by atomic mass is 32.2. The zero-order chi connectivity index (χ0) is 13.9. The van der Waals surface area contributed by atoms with Gasteiger partial charge < -0.3 is 10.2 Å². The number of benzene rings is 1. The minimum absolute atomic E-state index is 0.00808. The maximum Gasteiger partial charge on any atom is 0.137 e. The summed E-state index contributed by atoms with van der Waals surface area (Å²) in [5.74, 6) is 1.89. The van der Waals surface area contributed by atoms with E-state index in [1.807, 2.05) is 11.8 Å². The van der Waals surface area contributed by atoms with Crippen LogP contribution in [-0.4, -0.2) is 11.0 Å². The average Bonchev–Trinajstić information content (AvgIpc) is 2.91. The van der Waals surface area contributed by atoms with Crippen LogP contribution in [0.2, 0.25) is 0 Å². The number of para-hydroxylation sites is 1. The quantitative estimate of drug-likeness (QED) is 0.878. The lowest BCUT2D eigenvalue weighted by Gasteiger charge is -2.22. The minimum atomic E-state index is 0.00808. The van der Waals surface area contributed by atoms with Crippen molar-refractivity contribution in [3.8, 4) is 0 Å². The van der Waals surface area contributed by atoms with E-state index in [4.69, 9.17) is 10.2 Å². The molecule has 1 unspecified atom stereocenters. The molecule has 3 heteroatoms. The molecule has 1 aliphatic rings. The molecule has 0 aliphatic heterocycles. The van der Waals surface area contributed by atoms with E-state index < -0.39 is 0 Å². The van der Waals surface area contributed by atoms with Crippen LogP contribution in [0.15, 0.2) is 28.7 Å². The Kier molecular flexibility index (Phi) is 4.37. The Bertz CT molecular complexity index is 571. The molecule has 108 valence electrons. The summed E-state index contributed by atoms with van der Waals surface area (Å²) in [4.78, 5) is 0. The number of furan rings is 1. The Balaban J connectivity index is 1.65. The van der Waals surface area contributed by atoms with Crippen molar-refractivity contribution in [1.29, 1.82) is 0 Å². The van der Waals surface area contributed by atoms with Crippen molar-refractivity contribution in [2.45, 2.75) is 50.3 Å². The van der Waals surface area contributed by atoms with E-state index in [1.165, 1.54) is 37.7 Å². The molecular formula is C17H23NOS. The Morgan fingerprint density at radius 2 is 2.10 bits per heavy atom. The molecular weight excluding hydrogens is 266 g/mol. The van der Waals surface area contributed by atoms with Crippen LogP contribution in [0.5, 0.6) is 0 Å². The van der Waals surface area contributed by atoms with E-state index >= 15 is 0 Å². The Morgan fingerprint density at radius 1 is 1.30 bits per heavy atom. The molecule has 1 fully saturated rings. The number of aryl methyl sites for hydroxylation is 1. The SMILES string of the molecule is Cc1cccc2cc(C(N)CSC3CCCCC3)oc12. The molecule has 0 radical (unpaired) electrons. The summed E-state index contributed by atoms with van der Waals surface area (Å²) in [6.07, 6.45) is 6.90. The van der Waals surface area contributed by atoms with Crippen LogP contribution in [0.4, 0.5) is 0 Å². The van der Waals surface area contributed by atoms with Gasteiger partial charge in [-0.05, 0) is 31.4 Å². The molecule has 1 saturated carbocycles. The van der Waals surface area contributed by atoms with Gasteiger partial charge in [0, 0.05) is 16.4 Å². The first-order valence-corrected chi connectivity index (χ1v) is 8.65. The maximum absolute atomic E-state index is 6.31. The van der Waals surface area contributed by atoms with Crippen molar-refractivity contribution in [3.63, 3.8) is 0 Å². The summed E-state index contributed by atoms with van der Waals surface area (Å²) in [5.41, 5.74) is 8.48. The van der Waals surface area contributed by atoms with Gasteiger partial charge in [-0.2, -0.15) is 11.8 Å². The predicted molar refractivity (Wildman–Crippen MR) is 87.2 cm³/mol. The number of rotatable bonds is 4. The second-order valence-electron chi connectivity index (χ2n) is 5.84. The summed E-state index contributed by atoms with van der Waals surface area (Å²) in [7, 11) is 0. The zero-order valence-corrected chi connectivity index (χ0v) is 12.9. The molecule has 1 heterocycles. The lowest BCUT2D eigenvalue weighted by molar-refractivity contribution is 0.506. The van der Waals surface area contributed by atoms with Crippen LogP contribution in [0.3, 0.4) is 0 Å². The van der Waals surface area contributed by atoms with Crippen LogP contribution in [0.25, 0.3) is 11.0 Å². The normalized spacial score (nSPS) is 18.5. The van der Waals surface area contributed by atoms with Gasteiger partial charge in [0.15, 0.2) is 0 Å². The lowest BCUT2D eigenvalue weighted by atomic mass is 10.0. The second kappa shape index (κ2) is 6.23. The van der Waals surface area contributed by atoms with Crippen LogP contribution in [0.1, 0.15) is 49.5 Å². The largest absolute Gasteiger partial charge is 0.459 e. The molecule has 0 amide bonds. The summed E-state index contributed by atoms with van der Waals surface area (Å²) in [6, 6.07) is 8.36. The number of thioether (sulfide) groups is 1. The second-order valence-corrected chi connectivity index (χ2v) is 7.18. The minimum Gasteiger partial charge on any atom is -0.459 e. The first-order chi connectivity index (χ1) is 9.74. The first kappa shape index (κ1) is 14.0.